The molecule has 0 amide bonds. The van der Waals surface area contributed by atoms with Crippen molar-refractivity contribution in [3.05, 3.63) is 144 Å². The number of alkyl halides is 6. The summed E-state index contributed by atoms with van der Waals surface area (Å²) in [5.74, 6) is -3.60. The fourth-order valence-corrected chi connectivity index (χ4v) is 5.76. The Bertz CT molecular complexity index is 1780. The lowest BCUT2D eigenvalue weighted by molar-refractivity contribution is -0.278. The second-order valence-electron chi connectivity index (χ2n) is 11.9. The van der Waals surface area contributed by atoms with Crippen molar-refractivity contribution in [3.8, 4) is 5.75 Å². The Hall–Kier alpha value is -4.98. The summed E-state index contributed by atoms with van der Waals surface area (Å²) in [4.78, 5) is 26.6. The lowest BCUT2D eigenvalue weighted by Gasteiger charge is -2.34. The van der Waals surface area contributed by atoms with Gasteiger partial charge in [-0.25, -0.2) is 9.59 Å². The van der Waals surface area contributed by atoms with Gasteiger partial charge in [0.05, 0.1) is 6.10 Å². The van der Waals surface area contributed by atoms with Crippen LogP contribution in [0.1, 0.15) is 35.1 Å². The third-order valence-electron chi connectivity index (χ3n) is 8.61. The molecule has 0 aliphatic rings. The summed E-state index contributed by atoms with van der Waals surface area (Å²) in [6.45, 7) is 0. The highest BCUT2D eigenvalue weighted by atomic mass is 19.4. The van der Waals surface area contributed by atoms with Gasteiger partial charge in [0.1, 0.15) is 11.9 Å². The molecule has 0 radical (unpaired) electrons. The van der Waals surface area contributed by atoms with E-state index in [1.54, 1.807) is 12.2 Å². The number of carbonyl (C=O) groups excluding carboxylic acids is 2. The molecule has 0 saturated carbocycles. The van der Waals surface area contributed by atoms with Gasteiger partial charge in [0.25, 0.3) is 11.2 Å². The maximum atomic E-state index is 14.7. The van der Waals surface area contributed by atoms with Gasteiger partial charge in [0.2, 0.25) is 0 Å². The summed E-state index contributed by atoms with van der Waals surface area (Å²) in [6, 6.07) is 27.4. The zero-order chi connectivity index (χ0) is 38.7. The molecule has 7 nitrogen and oxygen atoms in total. The molecule has 4 rings (SSSR count). The van der Waals surface area contributed by atoms with E-state index in [0.29, 0.717) is 5.56 Å². The van der Waals surface area contributed by atoms with Crippen LogP contribution < -0.4 is 4.74 Å². The van der Waals surface area contributed by atoms with Crippen molar-refractivity contribution in [2.45, 2.75) is 55.0 Å². The number of carbonyl (C=O) groups is 2. The van der Waals surface area contributed by atoms with Crippen LogP contribution in [0, 0.1) is 0 Å². The smallest absolute Gasteiger partial charge is 0.432 e. The summed E-state index contributed by atoms with van der Waals surface area (Å²) in [6.07, 6.45) is -8.62. The first-order valence-electron chi connectivity index (χ1n) is 16.3. The van der Waals surface area contributed by atoms with Gasteiger partial charge >= 0.3 is 24.3 Å². The highest BCUT2D eigenvalue weighted by Gasteiger charge is 2.65. The Balaban J connectivity index is 1.57. The lowest BCUT2D eigenvalue weighted by Crippen LogP contribution is -2.52. The second-order valence-corrected chi connectivity index (χ2v) is 11.9. The van der Waals surface area contributed by atoms with Crippen LogP contribution in [0.15, 0.2) is 121 Å². The fourth-order valence-electron chi connectivity index (χ4n) is 5.76. The predicted molar refractivity (Wildman–Crippen MR) is 184 cm³/mol. The number of benzene rings is 4. The number of hydrogen-bond acceptors (Lipinski definition) is 7. The van der Waals surface area contributed by atoms with Gasteiger partial charge < -0.3 is 23.7 Å². The Morgan fingerprint density at radius 1 is 0.642 bits per heavy atom. The van der Waals surface area contributed by atoms with Crippen LogP contribution in [0.3, 0.4) is 0 Å². The zero-order valence-corrected chi connectivity index (χ0v) is 29.0. The molecule has 0 aliphatic heterocycles. The Kier molecular flexibility index (Phi) is 13.6. The van der Waals surface area contributed by atoms with Crippen LogP contribution in [0.4, 0.5) is 26.3 Å². The van der Waals surface area contributed by atoms with E-state index in [-0.39, 0.29) is 25.0 Å². The summed E-state index contributed by atoms with van der Waals surface area (Å²) < 4.78 is 113. The van der Waals surface area contributed by atoms with Crippen LogP contribution in [0.25, 0.3) is 6.08 Å². The Labute approximate surface area is 303 Å². The molecule has 0 heterocycles. The number of esters is 2. The monoisotopic (exact) mass is 744 g/mol. The molecular formula is C40H38F6O7. The fraction of sp³-hybridized carbons (Fsp3) is 0.300. The third-order valence-corrected chi connectivity index (χ3v) is 8.61. The average Bonchev–Trinajstić information content (AvgIpc) is 3.14. The Morgan fingerprint density at radius 2 is 1.11 bits per heavy atom. The average molecular weight is 745 g/mol. The van der Waals surface area contributed by atoms with Crippen molar-refractivity contribution in [1.82, 2.24) is 0 Å². The summed E-state index contributed by atoms with van der Waals surface area (Å²) in [7, 11) is 2.94. The summed E-state index contributed by atoms with van der Waals surface area (Å²) >= 11 is 0. The highest BCUT2D eigenvalue weighted by molar-refractivity contribution is 5.85. The molecule has 0 saturated heterocycles. The third kappa shape index (κ3) is 9.34. The highest BCUT2D eigenvalue weighted by Crippen LogP contribution is 2.44. The van der Waals surface area contributed by atoms with Crippen molar-refractivity contribution < 1.29 is 59.6 Å². The second kappa shape index (κ2) is 17.7. The predicted octanol–water partition coefficient (Wildman–Crippen LogP) is 8.76. The molecule has 4 aromatic carbocycles. The molecule has 4 aromatic rings. The largest absolute Gasteiger partial charge is 0.460 e. The number of aryl methyl sites for hydroxylation is 1. The van der Waals surface area contributed by atoms with Gasteiger partial charge in [-0.15, -0.1) is 0 Å². The molecule has 0 N–H and O–H groups in total. The van der Waals surface area contributed by atoms with Crippen LogP contribution in [-0.4, -0.2) is 57.8 Å². The van der Waals surface area contributed by atoms with Crippen molar-refractivity contribution in [3.63, 3.8) is 0 Å². The van der Waals surface area contributed by atoms with Crippen molar-refractivity contribution in [2.75, 3.05) is 21.3 Å². The summed E-state index contributed by atoms with van der Waals surface area (Å²) in [5, 5.41) is 0. The first-order valence-corrected chi connectivity index (χ1v) is 16.3. The topological polar surface area (TPSA) is 80.3 Å². The quantitative estimate of drug-likeness (QED) is 0.0645. The molecule has 4 atom stereocenters. The standard InChI is InChI=1S/C40H38F6O7/c1-49-33(25-21-28-13-7-4-8-14-28)27-34(53-36(48)38(51-3,40(44,45)46)31-17-11-6-12-18-31)26-22-29-19-23-32(24-20-29)52-35(47)37(50-2,39(41,42)43)30-15-9-5-10-16-30/h4-21,23-25,33-34H,22,26-27H2,1-3H3/b25-21+/t33-,34-,37+,38+/m0/s1. The van der Waals surface area contributed by atoms with Crippen LogP contribution >= 0.6 is 0 Å². The normalized spacial score (nSPS) is 15.6. The minimum Gasteiger partial charge on any atom is -0.460 e. The van der Waals surface area contributed by atoms with Crippen molar-refractivity contribution in [2.24, 2.45) is 0 Å². The van der Waals surface area contributed by atoms with E-state index >= 15 is 0 Å². The van der Waals surface area contributed by atoms with Gasteiger partial charge in [0, 0.05) is 38.9 Å². The van der Waals surface area contributed by atoms with E-state index in [1.807, 2.05) is 30.3 Å². The number of halogens is 6. The van der Waals surface area contributed by atoms with Crippen LogP contribution in [0.5, 0.6) is 5.75 Å². The maximum Gasteiger partial charge on any atom is 0.432 e. The minimum absolute atomic E-state index is 0.00518. The van der Waals surface area contributed by atoms with Gasteiger partial charge in [-0.1, -0.05) is 115 Å². The lowest BCUT2D eigenvalue weighted by atomic mass is 9.92. The van der Waals surface area contributed by atoms with E-state index in [0.717, 1.165) is 44.0 Å². The molecular weight excluding hydrogens is 706 g/mol. The van der Waals surface area contributed by atoms with Gasteiger partial charge in [-0.2, -0.15) is 26.3 Å². The molecule has 0 aromatic heterocycles. The zero-order valence-electron chi connectivity index (χ0n) is 29.0. The van der Waals surface area contributed by atoms with Crippen molar-refractivity contribution >= 4 is 18.0 Å². The van der Waals surface area contributed by atoms with E-state index in [4.69, 9.17) is 23.7 Å². The van der Waals surface area contributed by atoms with E-state index in [1.165, 1.54) is 67.8 Å². The molecule has 0 spiro atoms. The maximum absolute atomic E-state index is 14.7. The molecule has 0 unspecified atom stereocenters. The minimum atomic E-state index is -5.20. The Morgan fingerprint density at radius 3 is 1.57 bits per heavy atom. The number of ether oxygens (including phenoxy) is 5. The van der Waals surface area contributed by atoms with Gasteiger partial charge in [0.15, 0.2) is 0 Å². The number of rotatable bonds is 16. The molecule has 282 valence electrons. The number of hydrogen-bond donors (Lipinski definition) is 0. The van der Waals surface area contributed by atoms with Crippen LogP contribution in [0.2, 0.25) is 0 Å². The molecule has 0 fully saturated rings. The first kappa shape index (κ1) is 40.8. The van der Waals surface area contributed by atoms with E-state index in [2.05, 4.69) is 0 Å². The molecule has 0 aliphatic carbocycles. The van der Waals surface area contributed by atoms with E-state index < -0.39 is 58.8 Å². The van der Waals surface area contributed by atoms with Gasteiger partial charge in [-0.05, 0) is 36.1 Å². The SMILES string of the molecule is CO[C@@H](/C=C/c1ccccc1)C[C@H](CCc1ccc(OC(=O)[C@](OC)(c2ccccc2)C(F)(F)F)cc1)OC(=O)[C@](OC)(c1ccccc1)C(F)(F)F. The first-order chi connectivity index (χ1) is 25.2. The van der Waals surface area contributed by atoms with Gasteiger partial charge in [-0.3, -0.25) is 0 Å². The number of methoxy groups -OCH3 is 3. The molecule has 13 heteroatoms. The van der Waals surface area contributed by atoms with Crippen molar-refractivity contribution in [1.29, 1.82) is 0 Å². The summed E-state index contributed by atoms with van der Waals surface area (Å²) in [5.41, 5.74) is -6.37. The van der Waals surface area contributed by atoms with Crippen LogP contribution in [-0.2, 0) is 46.2 Å². The molecule has 53 heavy (non-hydrogen) atoms. The molecule has 0 bridgehead atoms. The van der Waals surface area contributed by atoms with E-state index in [9.17, 15) is 35.9 Å².